The number of piperidine rings is 1. The van der Waals surface area contributed by atoms with Gasteiger partial charge in [-0.1, -0.05) is 30.3 Å². The maximum absolute atomic E-state index is 11.2. The molecule has 1 aliphatic rings. The van der Waals surface area contributed by atoms with Gasteiger partial charge >= 0.3 is 0 Å². The average Bonchev–Trinajstić information content (AvgIpc) is 2.66. The Kier molecular flexibility index (Phi) is 5.85. The van der Waals surface area contributed by atoms with Crippen LogP contribution in [0, 0.1) is 10.1 Å². The van der Waals surface area contributed by atoms with Gasteiger partial charge in [-0.05, 0) is 31.0 Å². The summed E-state index contributed by atoms with van der Waals surface area (Å²) in [5.41, 5.74) is 0.906. The number of hydrogen-bond acceptors (Lipinski definition) is 5. The highest BCUT2D eigenvalue weighted by molar-refractivity contribution is 5.63. The van der Waals surface area contributed by atoms with E-state index in [9.17, 15) is 10.1 Å². The predicted molar refractivity (Wildman–Crippen MR) is 98.3 cm³/mol. The van der Waals surface area contributed by atoms with Crippen molar-refractivity contribution in [3.8, 4) is 5.75 Å². The third-order valence-electron chi connectivity index (χ3n) is 4.46. The van der Waals surface area contributed by atoms with Gasteiger partial charge < -0.3 is 15.0 Å². The van der Waals surface area contributed by atoms with Gasteiger partial charge in [0.1, 0.15) is 18.0 Å². The van der Waals surface area contributed by atoms with Crippen molar-refractivity contribution in [3.05, 3.63) is 64.7 Å². The standard InChI is InChI=1S/C19H23N3O3/c23-22(24)19-9-5-4-8-18(19)21-13-10-16(11-14-21)20-12-15-25-17-6-2-1-3-7-17/h1-9,16,20H,10-15H2. The second kappa shape index (κ2) is 8.48. The fourth-order valence-electron chi connectivity index (χ4n) is 3.16. The fraction of sp³-hybridized carbons (Fsp3) is 0.368. The Bertz CT molecular complexity index is 685. The number of rotatable bonds is 7. The van der Waals surface area contributed by atoms with Crippen LogP contribution in [0.2, 0.25) is 0 Å². The molecule has 2 aromatic carbocycles. The Labute approximate surface area is 147 Å². The van der Waals surface area contributed by atoms with E-state index in [2.05, 4.69) is 10.2 Å². The second-order valence-electron chi connectivity index (χ2n) is 6.12. The van der Waals surface area contributed by atoms with Crippen LogP contribution in [0.3, 0.4) is 0 Å². The molecule has 0 bridgehead atoms. The van der Waals surface area contributed by atoms with Gasteiger partial charge in [0.2, 0.25) is 0 Å². The number of nitrogens with zero attached hydrogens (tertiary/aromatic N) is 2. The quantitative estimate of drug-likeness (QED) is 0.476. The van der Waals surface area contributed by atoms with Crippen LogP contribution in [0.5, 0.6) is 5.75 Å². The SMILES string of the molecule is O=[N+]([O-])c1ccccc1N1CCC(NCCOc2ccccc2)CC1. The summed E-state index contributed by atoms with van der Waals surface area (Å²) in [7, 11) is 0. The normalized spacial score (nSPS) is 15.1. The first-order valence-electron chi connectivity index (χ1n) is 8.63. The second-order valence-corrected chi connectivity index (χ2v) is 6.12. The van der Waals surface area contributed by atoms with Gasteiger partial charge in [-0.25, -0.2) is 0 Å². The van der Waals surface area contributed by atoms with Crippen molar-refractivity contribution in [3.63, 3.8) is 0 Å². The van der Waals surface area contributed by atoms with Crippen LogP contribution in [0.4, 0.5) is 11.4 Å². The third-order valence-corrected chi connectivity index (χ3v) is 4.46. The highest BCUT2D eigenvalue weighted by Crippen LogP contribution is 2.29. The molecular weight excluding hydrogens is 318 g/mol. The summed E-state index contributed by atoms with van der Waals surface area (Å²) >= 11 is 0. The molecule has 3 rings (SSSR count). The maximum atomic E-state index is 11.2. The molecule has 0 aliphatic carbocycles. The van der Waals surface area contributed by atoms with Crippen molar-refractivity contribution in [2.75, 3.05) is 31.1 Å². The molecular formula is C19H23N3O3. The number of para-hydroxylation sites is 3. The van der Waals surface area contributed by atoms with Gasteiger partial charge in [0.15, 0.2) is 0 Å². The van der Waals surface area contributed by atoms with Crippen molar-refractivity contribution < 1.29 is 9.66 Å². The van der Waals surface area contributed by atoms with Crippen molar-refractivity contribution in [1.82, 2.24) is 5.32 Å². The highest BCUT2D eigenvalue weighted by Gasteiger charge is 2.23. The molecule has 0 amide bonds. The number of nitro benzene ring substituents is 1. The van der Waals surface area contributed by atoms with Gasteiger partial charge in [-0.3, -0.25) is 10.1 Å². The summed E-state index contributed by atoms with van der Waals surface area (Å²) in [6.07, 6.45) is 1.94. The van der Waals surface area contributed by atoms with Crippen molar-refractivity contribution in [1.29, 1.82) is 0 Å². The van der Waals surface area contributed by atoms with E-state index < -0.39 is 0 Å². The first kappa shape index (κ1) is 17.2. The fourth-order valence-corrected chi connectivity index (χ4v) is 3.16. The Morgan fingerprint density at radius 3 is 2.48 bits per heavy atom. The van der Waals surface area contributed by atoms with Gasteiger partial charge in [-0.15, -0.1) is 0 Å². The smallest absolute Gasteiger partial charge is 0.292 e. The molecule has 6 nitrogen and oxygen atoms in total. The van der Waals surface area contributed by atoms with Crippen molar-refractivity contribution >= 4 is 11.4 Å². The van der Waals surface area contributed by atoms with E-state index in [4.69, 9.17) is 4.74 Å². The van der Waals surface area contributed by atoms with Crippen LogP contribution in [0.25, 0.3) is 0 Å². The minimum atomic E-state index is -0.305. The van der Waals surface area contributed by atoms with E-state index in [1.54, 1.807) is 12.1 Å². The van der Waals surface area contributed by atoms with E-state index in [1.807, 2.05) is 42.5 Å². The van der Waals surface area contributed by atoms with Crippen LogP contribution >= 0.6 is 0 Å². The molecule has 1 aliphatic heterocycles. The van der Waals surface area contributed by atoms with Gasteiger partial charge in [0.05, 0.1) is 4.92 Å². The highest BCUT2D eigenvalue weighted by atomic mass is 16.6. The molecule has 1 fully saturated rings. The minimum absolute atomic E-state index is 0.185. The molecule has 0 saturated carbocycles. The monoisotopic (exact) mass is 341 g/mol. The van der Waals surface area contributed by atoms with Crippen LogP contribution in [-0.2, 0) is 0 Å². The zero-order valence-corrected chi connectivity index (χ0v) is 14.1. The van der Waals surface area contributed by atoms with Crippen LogP contribution in [-0.4, -0.2) is 37.2 Å². The number of ether oxygens (including phenoxy) is 1. The van der Waals surface area contributed by atoms with E-state index in [0.717, 1.165) is 43.9 Å². The Morgan fingerprint density at radius 1 is 1.08 bits per heavy atom. The number of nitrogens with one attached hydrogen (secondary N) is 1. The summed E-state index contributed by atoms with van der Waals surface area (Å²) in [6.45, 7) is 3.07. The molecule has 0 unspecified atom stereocenters. The molecule has 6 heteroatoms. The lowest BCUT2D eigenvalue weighted by Crippen LogP contribution is -2.43. The first-order chi connectivity index (χ1) is 12.2. The summed E-state index contributed by atoms with van der Waals surface area (Å²) < 4.78 is 5.68. The molecule has 1 saturated heterocycles. The van der Waals surface area contributed by atoms with Crippen LogP contribution in [0.15, 0.2) is 54.6 Å². The van der Waals surface area contributed by atoms with Crippen LogP contribution < -0.4 is 15.0 Å². The van der Waals surface area contributed by atoms with E-state index >= 15 is 0 Å². The molecule has 0 spiro atoms. The van der Waals surface area contributed by atoms with Gasteiger partial charge in [-0.2, -0.15) is 0 Å². The molecule has 0 atom stereocenters. The lowest BCUT2D eigenvalue weighted by Gasteiger charge is -2.33. The van der Waals surface area contributed by atoms with Gasteiger partial charge in [0, 0.05) is 31.7 Å². The van der Waals surface area contributed by atoms with E-state index in [-0.39, 0.29) is 10.6 Å². The Balaban J connectivity index is 1.42. The zero-order chi connectivity index (χ0) is 17.5. The molecule has 0 aromatic heterocycles. The molecule has 1 heterocycles. The summed E-state index contributed by atoms with van der Waals surface area (Å²) in [5, 5.41) is 14.7. The summed E-state index contributed by atoms with van der Waals surface area (Å²) in [5.74, 6) is 0.885. The first-order valence-corrected chi connectivity index (χ1v) is 8.63. The lowest BCUT2D eigenvalue weighted by molar-refractivity contribution is -0.384. The average molecular weight is 341 g/mol. The molecule has 132 valence electrons. The summed E-state index contributed by atoms with van der Waals surface area (Å²) in [6, 6.07) is 17.2. The van der Waals surface area contributed by atoms with E-state index in [1.165, 1.54) is 0 Å². The third kappa shape index (κ3) is 4.70. The van der Waals surface area contributed by atoms with Crippen molar-refractivity contribution in [2.45, 2.75) is 18.9 Å². The summed E-state index contributed by atoms with van der Waals surface area (Å²) in [4.78, 5) is 13.0. The van der Waals surface area contributed by atoms with Crippen molar-refractivity contribution in [2.24, 2.45) is 0 Å². The maximum Gasteiger partial charge on any atom is 0.292 e. The van der Waals surface area contributed by atoms with Gasteiger partial charge in [0.25, 0.3) is 5.69 Å². The molecule has 25 heavy (non-hydrogen) atoms. The number of nitro groups is 1. The number of hydrogen-bond donors (Lipinski definition) is 1. The topological polar surface area (TPSA) is 67.6 Å². The predicted octanol–water partition coefficient (Wildman–Crippen LogP) is 3.23. The lowest BCUT2D eigenvalue weighted by atomic mass is 10.0. The van der Waals surface area contributed by atoms with E-state index in [0.29, 0.717) is 12.6 Å². The minimum Gasteiger partial charge on any atom is -0.492 e. The Hall–Kier alpha value is -2.60. The molecule has 0 radical (unpaired) electrons. The number of anilines is 1. The molecule has 1 N–H and O–H groups in total. The zero-order valence-electron chi connectivity index (χ0n) is 14.1. The Morgan fingerprint density at radius 2 is 1.76 bits per heavy atom. The largest absolute Gasteiger partial charge is 0.492 e. The van der Waals surface area contributed by atoms with Crippen LogP contribution in [0.1, 0.15) is 12.8 Å². The molecule has 2 aromatic rings. The number of benzene rings is 2.